The van der Waals surface area contributed by atoms with Gasteiger partial charge in [0.25, 0.3) is 0 Å². The van der Waals surface area contributed by atoms with E-state index >= 15 is 0 Å². The topological polar surface area (TPSA) is 20.3 Å². The molecule has 0 N–H and O–H groups in total. The van der Waals surface area contributed by atoms with Crippen molar-refractivity contribution in [3.63, 3.8) is 0 Å². The van der Waals surface area contributed by atoms with E-state index in [9.17, 15) is 4.79 Å². The van der Waals surface area contributed by atoms with Crippen molar-refractivity contribution in [1.82, 2.24) is 4.90 Å². The summed E-state index contributed by atoms with van der Waals surface area (Å²) in [5, 5.41) is 0. The fraction of sp³-hybridized carbons (Fsp3) is 0.900. The molecule has 2 aliphatic rings. The third-order valence-electron chi connectivity index (χ3n) is 3.02. The molecule has 0 aromatic heterocycles. The van der Waals surface area contributed by atoms with Gasteiger partial charge in [0.05, 0.1) is 0 Å². The Morgan fingerprint density at radius 2 is 2.08 bits per heavy atom. The molecule has 1 atom stereocenters. The van der Waals surface area contributed by atoms with Gasteiger partial charge < -0.3 is 0 Å². The van der Waals surface area contributed by atoms with Crippen LogP contribution in [0.5, 0.6) is 0 Å². The van der Waals surface area contributed by atoms with Crippen LogP contribution in [0.15, 0.2) is 0 Å². The van der Waals surface area contributed by atoms with Crippen LogP contribution in [0, 0.1) is 0 Å². The summed E-state index contributed by atoms with van der Waals surface area (Å²) in [7, 11) is 0. The molecule has 1 saturated heterocycles. The number of rotatable bonds is 1. The fourth-order valence-corrected chi connectivity index (χ4v) is 3.19. The van der Waals surface area contributed by atoms with Crippen LogP contribution >= 0.6 is 11.8 Å². The van der Waals surface area contributed by atoms with Crippen molar-refractivity contribution in [1.29, 1.82) is 0 Å². The van der Waals surface area contributed by atoms with Crippen LogP contribution in [0.3, 0.4) is 0 Å². The summed E-state index contributed by atoms with van der Waals surface area (Å²) in [4.78, 5) is 13.8. The van der Waals surface area contributed by atoms with Crippen LogP contribution in [0.2, 0.25) is 0 Å². The van der Waals surface area contributed by atoms with Gasteiger partial charge in [-0.25, -0.2) is 0 Å². The van der Waals surface area contributed by atoms with E-state index in [2.05, 4.69) is 4.90 Å². The lowest BCUT2D eigenvalue weighted by atomic mass is 9.93. The molecule has 0 spiro atoms. The number of carbonyl (C=O) groups excluding carboxylic acids is 1. The van der Waals surface area contributed by atoms with Crippen LogP contribution in [-0.2, 0) is 4.79 Å². The van der Waals surface area contributed by atoms with Gasteiger partial charge in [-0.1, -0.05) is 0 Å². The zero-order chi connectivity index (χ0) is 9.10. The molecule has 0 bridgehead atoms. The van der Waals surface area contributed by atoms with Crippen LogP contribution in [-0.4, -0.2) is 41.3 Å². The smallest absolute Gasteiger partial charge is 0.134 e. The Balaban J connectivity index is 1.87. The SMILES string of the molecule is O=C1CCCC(N2CCSCC2)C1. The minimum absolute atomic E-state index is 0.481. The zero-order valence-corrected chi connectivity index (χ0v) is 8.81. The molecule has 3 heteroatoms. The summed E-state index contributed by atoms with van der Waals surface area (Å²) in [6, 6.07) is 0.585. The molecule has 0 amide bonds. The van der Waals surface area contributed by atoms with Crippen molar-refractivity contribution in [2.45, 2.75) is 31.7 Å². The molecule has 0 radical (unpaired) electrons. The highest BCUT2D eigenvalue weighted by atomic mass is 32.2. The number of Topliss-reactive ketones (excluding diaryl/α,β-unsaturated/α-hetero) is 1. The van der Waals surface area contributed by atoms with E-state index in [0.717, 1.165) is 19.3 Å². The molecular formula is C10H17NOS. The quantitative estimate of drug-likeness (QED) is 0.639. The van der Waals surface area contributed by atoms with Gasteiger partial charge in [-0.15, -0.1) is 0 Å². The summed E-state index contributed by atoms with van der Waals surface area (Å²) in [6.45, 7) is 2.39. The molecular weight excluding hydrogens is 182 g/mol. The van der Waals surface area contributed by atoms with Crippen molar-refractivity contribution in [2.24, 2.45) is 0 Å². The second kappa shape index (κ2) is 4.47. The monoisotopic (exact) mass is 199 g/mol. The molecule has 1 saturated carbocycles. The number of thioether (sulfide) groups is 1. The molecule has 1 aliphatic heterocycles. The largest absolute Gasteiger partial charge is 0.300 e. The number of ketones is 1. The first kappa shape index (κ1) is 9.53. The average molecular weight is 199 g/mol. The molecule has 0 aromatic rings. The number of nitrogens with zero attached hydrogens (tertiary/aromatic N) is 1. The predicted octanol–water partition coefficient (Wildman–Crippen LogP) is 1.55. The van der Waals surface area contributed by atoms with Gasteiger partial charge in [0, 0.05) is 43.5 Å². The highest BCUT2D eigenvalue weighted by molar-refractivity contribution is 7.99. The second-order valence-corrected chi connectivity index (χ2v) is 5.16. The van der Waals surface area contributed by atoms with Crippen LogP contribution in [0.4, 0.5) is 0 Å². The Kier molecular flexibility index (Phi) is 3.28. The predicted molar refractivity (Wildman–Crippen MR) is 56.2 cm³/mol. The number of carbonyl (C=O) groups is 1. The van der Waals surface area contributed by atoms with Crippen LogP contribution in [0.1, 0.15) is 25.7 Å². The first-order valence-electron chi connectivity index (χ1n) is 5.20. The van der Waals surface area contributed by atoms with E-state index in [1.165, 1.54) is 31.0 Å². The van der Waals surface area contributed by atoms with E-state index in [1.54, 1.807) is 0 Å². The van der Waals surface area contributed by atoms with Crippen LogP contribution < -0.4 is 0 Å². The van der Waals surface area contributed by atoms with E-state index in [-0.39, 0.29) is 0 Å². The molecule has 0 aromatic carbocycles. The van der Waals surface area contributed by atoms with Crippen molar-refractivity contribution in [2.75, 3.05) is 24.6 Å². The van der Waals surface area contributed by atoms with Gasteiger partial charge in [-0.05, 0) is 12.8 Å². The second-order valence-electron chi connectivity index (χ2n) is 3.94. The van der Waals surface area contributed by atoms with Crippen molar-refractivity contribution < 1.29 is 4.79 Å². The van der Waals surface area contributed by atoms with E-state index in [0.29, 0.717) is 11.8 Å². The highest BCUT2D eigenvalue weighted by Crippen LogP contribution is 2.22. The van der Waals surface area contributed by atoms with Gasteiger partial charge in [0.15, 0.2) is 0 Å². The van der Waals surface area contributed by atoms with E-state index in [4.69, 9.17) is 0 Å². The Morgan fingerprint density at radius 3 is 2.77 bits per heavy atom. The maximum atomic E-state index is 11.3. The molecule has 1 unspecified atom stereocenters. The molecule has 2 rings (SSSR count). The summed E-state index contributed by atoms with van der Waals surface area (Å²) < 4.78 is 0. The third kappa shape index (κ3) is 2.47. The third-order valence-corrected chi connectivity index (χ3v) is 3.96. The van der Waals surface area contributed by atoms with Gasteiger partial charge in [-0.3, -0.25) is 9.69 Å². The molecule has 1 aliphatic carbocycles. The zero-order valence-electron chi connectivity index (χ0n) is 8.00. The van der Waals surface area contributed by atoms with Crippen molar-refractivity contribution in [3.8, 4) is 0 Å². The summed E-state index contributed by atoms with van der Waals surface area (Å²) in [6.07, 6.45) is 4.02. The number of hydrogen-bond acceptors (Lipinski definition) is 3. The fourth-order valence-electron chi connectivity index (χ4n) is 2.26. The molecule has 2 fully saturated rings. The highest BCUT2D eigenvalue weighted by Gasteiger charge is 2.25. The van der Waals surface area contributed by atoms with Gasteiger partial charge in [0.1, 0.15) is 5.78 Å². The average Bonchev–Trinajstić information content (AvgIpc) is 2.19. The lowest BCUT2D eigenvalue weighted by Gasteiger charge is -2.35. The van der Waals surface area contributed by atoms with Gasteiger partial charge in [0.2, 0.25) is 0 Å². The number of hydrogen-bond donors (Lipinski definition) is 0. The van der Waals surface area contributed by atoms with Gasteiger partial charge in [-0.2, -0.15) is 11.8 Å². The van der Waals surface area contributed by atoms with Crippen molar-refractivity contribution in [3.05, 3.63) is 0 Å². The Labute approximate surface area is 84.1 Å². The van der Waals surface area contributed by atoms with Crippen molar-refractivity contribution >= 4 is 17.5 Å². The standard InChI is InChI=1S/C10H17NOS/c12-10-3-1-2-9(8-10)11-4-6-13-7-5-11/h9H,1-8H2. The summed E-state index contributed by atoms with van der Waals surface area (Å²) in [5.74, 6) is 2.99. The summed E-state index contributed by atoms with van der Waals surface area (Å²) in [5.41, 5.74) is 0. The van der Waals surface area contributed by atoms with E-state index in [1.807, 2.05) is 11.8 Å². The minimum atomic E-state index is 0.481. The maximum absolute atomic E-state index is 11.3. The minimum Gasteiger partial charge on any atom is -0.300 e. The molecule has 13 heavy (non-hydrogen) atoms. The lowest BCUT2D eigenvalue weighted by molar-refractivity contribution is -0.121. The Hall–Kier alpha value is -0.0200. The molecule has 2 nitrogen and oxygen atoms in total. The molecule has 1 heterocycles. The summed E-state index contributed by atoms with van der Waals surface area (Å²) >= 11 is 2.04. The van der Waals surface area contributed by atoms with Gasteiger partial charge >= 0.3 is 0 Å². The van der Waals surface area contributed by atoms with E-state index < -0.39 is 0 Å². The first-order valence-corrected chi connectivity index (χ1v) is 6.35. The molecule has 74 valence electrons. The van der Waals surface area contributed by atoms with Crippen LogP contribution in [0.25, 0.3) is 0 Å². The lowest BCUT2D eigenvalue weighted by Crippen LogP contribution is -2.43. The Morgan fingerprint density at radius 1 is 1.31 bits per heavy atom. The first-order chi connectivity index (χ1) is 6.36. The Bertz CT molecular complexity index is 189. The normalized spacial score (nSPS) is 32.0. The maximum Gasteiger partial charge on any atom is 0.134 e.